The van der Waals surface area contributed by atoms with E-state index < -0.39 is 0 Å². The molecule has 4 heteroatoms. The van der Waals surface area contributed by atoms with Crippen LogP contribution < -0.4 is 5.32 Å². The van der Waals surface area contributed by atoms with Crippen LogP contribution >= 0.6 is 27.5 Å². The molecule has 0 fully saturated rings. The molecule has 6 rings (SSSR count). The summed E-state index contributed by atoms with van der Waals surface area (Å²) in [6, 6.07) is 20.8. The highest BCUT2D eigenvalue weighted by Gasteiger charge is 2.19. The van der Waals surface area contributed by atoms with Crippen LogP contribution in [0.2, 0.25) is 5.02 Å². The monoisotopic (exact) mass is 447 g/mol. The Kier molecular flexibility index (Phi) is 3.53. The molecule has 28 heavy (non-hydrogen) atoms. The molecule has 136 valence electrons. The van der Waals surface area contributed by atoms with Gasteiger partial charge in [-0.3, -0.25) is 0 Å². The zero-order chi connectivity index (χ0) is 18.8. The molecule has 0 bridgehead atoms. The van der Waals surface area contributed by atoms with Crippen LogP contribution in [0, 0.1) is 0 Å². The molecule has 0 radical (unpaired) electrons. The van der Waals surface area contributed by atoms with Crippen LogP contribution in [0.15, 0.2) is 69.6 Å². The molecule has 1 heterocycles. The van der Waals surface area contributed by atoms with Crippen molar-refractivity contribution in [1.29, 1.82) is 0 Å². The number of hydrogen-bond acceptors (Lipinski definition) is 2. The third-order valence-electron chi connectivity index (χ3n) is 5.68. The molecule has 5 aromatic rings. The molecule has 0 saturated carbocycles. The first-order chi connectivity index (χ1) is 13.7. The number of halogens is 2. The van der Waals surface area contributed by atoms with E-state index >= 15 is 0 Å². The van der Waals surface area contributed by atoms with E-state index in [1.807, 2.05) is 30.3 Å². The van der Waals surface area contributed by atoms with Gasteiger partial charge < -0.3 is 9.73 Å². The third kappa shape index (κ3) is 2.33. The quantitative estimate of drug-likeness (QED) is 0.296. The summed E-state index contributed by atoms with van der Waals surface area (Å²) < 4.78 is 7.13. The van der Waals surface area contributed by atoms with Crippen molar-refractivity contribution in [2.24, 2.45) is 0 Å². The Balaban J connectivity index is 1.54. The molecule has 0 saturated heterocycles. The van der Waals surface area contributed by atoms with Gasteiger partial charge in [-0.2, -0.15) is 0 Å². The molecule has 0 atom stereocenters. The largest absolute Gasteiger partial charge is 0.456 e. The predicted octanol–water partition coefficient (Wildman–Crippen LogP) is 8.00. The number of hydrogen-bond donors (Lipinski definition) is 1. The van der Waals surface area contributed by atoms with Crippen molar-refractivity contribution in [2.45, 2.75) is 12.8 Å². The number of nitrogens with one attached hydrogen (secondary N) is 1. The maximum absolute atomic E-state index is 6.66. The molecule has 0 amide bonds. The minimum Gasteiger partial charge on any atom is -0.456 e. The van der Waals surface area contributed by atoms with Gasteiger partial charge in [0.05, 0.1) is 10.7 Å². The van der Waals surface area contributed by atoms with E-state index in [1.54, 1.807) is 0 Å². The lowest BCUT2D eigenvalue weighted by atomic mass is 10.0. The molecule has 0 unspecified atom stereocenters. The van der Waals surface area contributed by atoms with E-state index in [9.17, 15) is 0 Å². The first kappa shape index (κ1) is 16.5. The van der Waals surface area contributed by atoms with Gasteiger partial charge in [0.2, 0.25) is 0 Å². The molecule has 1 aromatic heterocycles. The molecular formula is C24H15BrClNO. The van der Waals surface area contributed by atoms with Crippen LogP contribution in [-0.2, 0) is 12.8 Å². The van der Waals surface area contributed by atoms with Gasteiger partial charge in [-0.25, -0.2) is 0 Å². The summed E-state index contributed by atoms with van der Waals surface area (Å²) in [4.78, 5) is 0. The molecular weight excluding hydrogens is 434 g/mol. The van der Waals surface area contributed by atoms with E-state index in [0.29, 0.717) is 5.02 Å². The van der Waals surface area contributed by atoms with Gasteiger partial charge in [0.25, 0.3) is 0 Å². The Labute approximate surface area is 175 Å². The first-order valence-corrected chi connectivity index (χ1v) is 10.5. The lowest BCUT2D eigenvalue weighted by molar-refractivity contribution is 0.669. The maximum atomic E-state index is 6.66. The zero-order valence-corrected chi connectivity index (χ0v) is 17.2. The fourth-order valence-electron chi connectivity index (χ4n) is 4.38. The highest BCUT2D eigenvalue weighted by atomic mass is 79.9. The summed E-state index contributed by atoms with van der Waals surface area (Å²) in [5, 5.41) is 8.93. The van der Waals surface area contributed by atoms with E-state index in [0.717, 1.165) is 50.6 Å². The average Bonchev–Trinajstić information content (AvgIpc) is 3.28. The summed E-state index contributed by atoms with van der Waals surface area (Å²) in [5.41, 5.74) is 6.42. The van der Waals surface area contributed by atoms with Gasteiger partial charge >= 0.3 is 0 Å². The molecule has 1 aliphatic carbocycles. The fourth-order valence-corrected chi connectivity index (χ4v) is 5.13. The number of furan rings is 1. The van der Waals surface area contributed by atoms with Gasteiger partial charge in [0, 0.05) is 32.4 Å². The van der Waals surface area contributed by atoms with Gasteiger partial charge in [-0.05, 0) is 53.6 Å². The minimum atomic E-state index is 0.679. The fraction of sp³-hybridized carbons (Fsp3) is 0.0833. The number of para-hydroxylation sites is 1. The Morgan fingerprint density at radius 3 is 2.43 bits per heavy atom. The van der Waals surface area contributed by atoms with Crippen LogP contribution in [0.5, 0.6) is 0 Å². The van der Waals surface area contributed by atoms with Crippen molar-refractivity contribution in [3.63, 3.8) is 0 Å². The molecule has 1 aliphatic rings. The lowest BCUT2D eigenvalue weighted by Gasteiger charge is -2.14. The van der Waals surface area contributed by atoms with Crippen LogP contribution in [-0.4, -0.2) is 0 Å². The SMILES string of the molecule is Clc1cc2c(cc1Nc1ccc3c4c(ccc(Br)c14)CC3)oc1ccccc12. The van der Waals surface area contributed by atoms with E-state index in [2.05, 4.69) is 51.6 Å². The Hall–Kier alpha value is -2.49. The van der Waals surface area contributed by atoms with Crippen LogP contribution in [0.25, 0.3) is 32.7 Å². The highest BCUT2D eigenvalue weighted by Crippen LogP contribution is 2.42. The number of fused-ring (bicyclic) bond motifs is 3. The van der Waals surface area contributed by atoms with E-state index in [1.165, 1.54) is 21.9 Å². The second-order valence-corrected chi connectivity index (χ2v) is 8.54. The van der Waals surface area contributed by atoms with Crippen LogP contribution in [0.3, 0.4) is 0 Å². The highest BCUT2D eigenvalue weighted by molar-refractivity contribution is 9.10. The second-order valence-electron chi connectivity index (χ2n) is 7.28. The summed E-state index contributed by atoms with van der Waals surface area (Å²) in [6.45, 7) is 0. The minimum absolute atomic E-state index is 0.679. The predicted molar refractivity (Wildman–Crippen MR) is 121 cm³/mol. The van der Waals surface area contributed by atoms with Crippen molar-refractivity contribution in [3.05, 3.63) is 81.3 Å². The first-order valence-electron chi connectivity index (χ1n) is 9.30. The third-order valence-corrected chi connectivity index (χ3v) is 6.66. The van der Waals surface area contributed by atoms with Gasteiger partial charge in [0.15, 0.2) is 0 Å². The van der Waals surface area contributed by atoms with Crippen molar-refractivity contribution in [2.75, 3.05) is 5.32 Å². The topological polar surface area (TPSA) is 25.2 Å². The Morgan fingerprint density at radius 1 is 0.786 bits per heavy atom. The molecule has 4 aromatic carbocycles. The summed E-state index contributed by atoms with van der Waals surface area (Å²) in [7, 11) is 0. The Morgan fingerprint density at radius 2 is 1.57 bits per heavy atom. The number of benzene rings is 4. The summed E-state index contributed by atoms with van der Waals surface area (Å²) in [6.07, 6.45) is 2.21. The lowest BCUT2D eigenvalue weighted by Crippen LogP contribution is -1.94. The number of aryl methyl sites for hydroxylation is 2. The van der Waals surface area contributed by atoms with E-state index in [4.69, 9.17) is 16.0 Å². The van der Waals surface area contributed by atoms with Crippen molar-refractivity contribution >= 4 is 71.6 Å². The molecule has 2 nitrogen and oxygen atoms in total. The summed E-state index contributed by atoms with van der Waals surface area (Å²) in [5.74, 6) is 0. The molecule has 0 aliphatic heterocycles. The average molecular weight is 449 g/mol. The van der Waals surface area contributed by atoms with Gasteiger partial charge in [0.1, 0.15) is 11.2 Å². The van der Waals surface area contributed by atoms with Crippen LogP contribution in [0.4, 0.5) is 11.4 Å². The second kappa shape index (κ2) is 6.00. The van der Waals surface area contributed by atoms with Crippen molar-refractivity contribution < 1.29 is 4.42 Å². The van der Waals surface area contributed by atoms with E-state index in [-0.39, 0.29) is 0 Å². The molecule has 1 N–H and O–H groups in total. The smallest absolute Gasteiger partial charge is 0.137 e. The van der Waals surface area contributed by atoms with Gasteiger partial charge in [-0.15, -0.1) is 0 Å². The zero-order valence-electron chi connectivity index (χ0n) is 14.9. The molecule has 0 spiro atoms. The van der Waals surface area contributed by atoms with Gasteiger partial charge in [-0.1, -0.05) is 57.9 Å². The number of anilines is 2. The maximum Gasteiger partial charge on any atom is 0.137 e. The Bertz CT molecular complexity index is 1410. The summed E-state index contributed by atoms with van der Waals surface area (Å²) >= 11 is 10.4. The number of rotatable bonds is 2. The normalized spacial score (nSPS) is 13.1. The standard InChI is InChI=1S/C24H15BrClNO/c25-17-9-7-13-5-6-14-8-10-19(24(17)23(13)14)27-20-12-22-16(11-18(20)26)15-3-1-2-4-21(15)28-22/h1-4,7-12,27H,5-6H2. The van der Waals surface area contributed by atoms with Crippen molar-refractivity contribution in [3.8, 4) is 0 Å². The van der Waals surface area contributed by atoms with Crippen LogP contribution in [0.1, 0.15) is 11.1 Å². The van der Waals surface area contributed by atoms with Crippen molar-refractivity contribution in [1.82, 2.24) is 0 Å².